The molecule has 11 heavy (non-hydrogen) atoms. The standard InChI is InChI=1S/C8H11IOSi/c1-10-8-3-2-7(9)4-6(8)5-11/h2-4H,5H2,1,11H3. The van der Waals surface area contributed by atoms with Crippen molar-refractivity contribution in [3.05, 3.63) is 27.3 Å². The van der Waals surface area contributed by atoms with Crippen LogP contribution in [0.15, 0.2) is 18.2 Å². The maximum absolute atomic E-state index is 5.21. The highest BCUT2D eigenvalue weighted by molar-refractivity contribution is 14.1. The zero-order valence-corrected chi connectivity index (χ0v) is 10.9. The molecule has 3 heteroatoms. The average molecular weight is 278 g/mol. The number of ether oxygens (including phenoxy) is 1. The van der Waals surface area contributed by atoms with Gasteiger partial charge in [0.05, 0.1) is 7.11 Å². The van der Waals surface area contributed by atoms with Gasteiger partial charge in [-0.25, -0.2) is 0 Å². The molecule has 0 heterocycles. The van der Waals surface area contributed by atoms with E-state index in [1.807, 2.05) is 6.07 Å². The lowest BCUT2D eigenvalue weighted by atomic mass is 10.2. The number of hydrogen-bond acceptors (Lipinski definition) is 1. The quantitative estimate of drug-likeness (QED) is 0.583. The van der Waals surface area contributed by atoms with E-state index in [1.165, 1.54) is 25.4 Å². The minimum atomic E-state index is 1.03. The molecule has 0 unspecified atom stereocenters. The van der Waals surface area contributed by atoms with Gasteiger partial charge in [0.15, 0.2) is 0 Å². The summed E-state index contributed by atoms with van der Waals surface area (Å²) in [5.74, 6) is 1.03. The van der Waals surface area contributed by atoms with Crippen molar-refractivity contribution in [1.29, 1.82) is 0 Å². The van der Waals surface area contributed by atoms with Crippen LogP contribution < -0.4 is 4.74 Å². The molecule has 1 nitrogen and oxygen atoms in total. The van der Waals surface area contributed by atoms with E-state index in [0.717, 1.165) is 5.75 Å². The molecule has 0 aliphatic rings. The molecular formula is C8H11IOSi. The molecule has 0 amide bonds. The van der Waals surface area contributed by atoms with E-state index in [0.29, 0.717) is 0 Å². The van der Waals surface area contributed by atoms with Crippen LogP contribution in [0.5, 0.6) is 5.75 Å². The van der Waals surface area contributed by atoms with E-state index in [1.54, 1.807) is 7.11 Å². The summed E-state index contributed by atoms with van der Waals surface area (Å²) in [4.78, 5) is 0. The number of methoxy groups -OCH3 is 1. The molecule has 0 spiro atoms. The van der Waals surface area contributed by atoms with Crippen LogP contribution in [0.4, 0.5) is 0 Å². The monoisotopic (exact) mass is 278 g/mol. The van der Waals surface area contributed by atoms with Gasteiger partial charge in [0.1, 0.15) is 5.75 Å². The highest BCUT2D eigenvalue weighted by atomic mass is 127. The Hall–Kier alpha value is -0.0331. The molecule has 1 rings (SSSR count). The molecule has 1 aromatic carbocycles. The predicted molar refractivity (Wildman–Crippen MR) is 59.4 cm³/mol. The molecule has 60 valence electrons. The van der Waals surface area contributed by atoms with E-state index in [4.69, 9.17) is 4.74 Å². The van der Waals surface area contributed by atoms with E-state index in [9.17, 15) is 0 Å². The molecule has 0 aliphatic carbocycles. The first kappa shape index (κ1) is 9.06. The highest BCUT2D eigenvalue weighted by Gasteiger charge is 1.99. The molecule has 0 aliphatic heterocycles. The number of rotatable bonds is 2. The zero-order valence-electron chi connectivity index (χ0n) is 6.73. The van der Waals surface area contributed by atoms with Crippen molar-refractivity contribution in [1.82, 2.24) is 0 Å². The molecule has 0 bridgehead atoms. The van der Waals surface area contributed by atoms with Crippen molar-refractivity contribution < 1.29 is 4.74 Å². The van der Waals surface area contributed by atoms with Crippen molar-refractivity contribution in [3.8, 4) is 5.75 Å². The summed E-state index contributed by atoms with van der Waals surface area (Å²) in [5.41, 5.74) is 1.34. The maximum atomic E-state index is 5.21. The van der Waals surface area contributed by atoms with Crippen LogP contribution in [0.25, 0.3) is 0 Å². The molecule has 0 fully saturated rings. The second kappa shape index (κ2) is 4.11. The van der Waals surface area contributed by atoms with Gasteiger partial charge < -0.3 is 4.74 Å². The Kier molecular flexibility index (Phi) is 3.38. The summed E-state index contributed by atoms with van der Waals surface area (Å²) >= 11 is 2.32. The third kappa shape index (κ3) is 2.20. The second-order valence-electron chi connectivity index (χ2n) is 2.31. The molecule has 0 saturated carbocycles. The topological polar surface area (TPSA) is 9.23 Å². The van der Waals surface area contributed by atoms with Gasteiger partial charge in [0.25, 0.3) is 0 Å². The van der Waals surface area contributed by atoms with Gasteiger partial charge in [-0.2, -0.15) is 0 Å². The van der Waals surface area contributed by atoms with Crippen LogP contribution in [-0.4, -0.2) is 17.4 Å². The van der Waals surface area contributed by atoms with Crippen LogP contribution >= 0.6 is 22.6 Å². The number of hydrogen-bond donors (Lipinski definition) is 0. The molecule has 0 saturated heterocycles. The van der Waals surface area contributed by atoms with E-state index in [-0.39, 0.29) is 0 Å². The van der Waals surface area contributed by atoms with Crippen molar-refractivity contribution in [2.75, 3.05) is 7.11 Å². The number of halogens is 1. The fraction of sp³-hybridized carbons (Fsp3) is 0.250. The Bertz CT molecular complexity index is 250. The lowest BCUT2D eigenvalue weighted by molar-refractivity contribution is 0.411. The molecule has 1 aromatic rings. The lowest BCUT2D eigenvalue weighted by Crippen LogP contribution is -1.92. The second-order valence-corrected chi connectivity index (χ2v) is 4.26. The molecule has 0 aromatic heterocycles. The van der Waals surface area contributed by atoms with Gasteiger partial charge in [-0.1, -0.05) is 0 Å². The van der Waals surface area contributed by atoms with Crippen LogP contribution in [0.3, 0.4) is 0 Å². The van der Waals surface area contributed by atoms with Crippen molar-refractivity contribution in [2.24, 2.45) is 0 Å². The van der Waals surface area contributed by atoms with Gasteiger partial charge in [-0.15, -0.1) is 0 Å². The zero-order chi connectivity index (χ0) is 8.27. The smallest absolute Gasteiger partial charge is 0.121 e. The maximum Gasteiger partial charge on any atom is 0.121 e. The summed E-state index contributed by atoms with van der Waals surface area (Å²) in [6.45, 7) is 0. The van der Waals surface area contributed by atoms with Crippen LogP contribution in [-0.2, 0) is 6.04 Å². The van der Waals surface area contributed by atoms with Crippen LogP contribution in [0, 0.1) is 3.57 Å². The van der Waals surface area contributed by atoms with Crippen molar-refractivity contribution in [2.45, 2.75) is 6.04 Å². The predicted octanol–water partition coefficient (Wildman–Crippen LogP) is 1.17. The fourth-order valence-electron chi connectivity index (χ4n) is 1.02. The molecular weight excluding hydrogens is 267 g/mol. The van der Waals surface area contributed by atoms with Crippen molar-refractivity contribution in [3.63, 3.8) is 0 Å². The average Bonchev–Trinajstić information content (AvgIpc) is 2.04. The normalized spacial score (nSPS) is 10.0. The van der Waals surface area contributed by atoms with Crippen molar-refractivity contribution >= 4 is 32.8 Å². The van der Waals surface area contributed by atoms with Gasteiger partial charge in [0, 0.05) is 13.8 Å². The third-order valence-electron chi connectivity index (χ3n) is 1.62. The van der Waals surface area contributed by atoms with Gasteiger partial charge in [0.2, 0.25) is 0 Å². The Morgan fingerprint density at radius 1 is 1.55 bits per heavy atom. The first-order valence-corrected chi connectivity index (χ1v) is 6.09. The van der Waals surface area contributed by atoms with Gasteiger partial charge in [-0.05, 0) is 52.4 Å². The van der Waals surface area contributed by atoms with Crippen LogP contribution in [0.2, 0.25) is 0 Å². The minimum absolute atomic E-state index is 1.03. The molecule has 0 atom stereocenters. The van der Waals surface area contributed by atoms with Crippen LogP contribution in [0.1, 0.15) is 5.56 Å². The Labute approximate surface area is 83.7 Å². The fourth-order valence-corrected chi connectivity index (χ4v) is 2.13. The SMILES string of the molecule is COc1ccc(I)cc1C[SiH3]. The van der Waals surface area contributed by atoms with E-state index < -0.39 is 0 Å². The van der Waals surface area contributed by atoms with E-state index >= 15 is 0 Å². The lowest BCUT2D eigenvalue weighted by Gasteiger charge is -2.05. The summed E-state index contributed by atoms with van der Waals surface area (Å²) < 4.78 is 6.50. The summed E-state index contributed by atoms with van der Waals surface area (Å²) in [6, 6.07) is 7.46. The van der Waals surface area contributed by atoms with E-state index in [2.05, 4.69) is 34.7 Å². The summed E-state index contributed by atoms with van der Waals surface area (Å²) in [7, 11) is 2.92. The van der Waals surface area contributed by atoms with Gasteiger partial charge in [-0.3, -0.25) is 0 Å². The van der Waals surface area contributed by atoms with Gasteiger partial charge >= 0.3 is 0 Å². The minimum Gasteiger partial charge on any atom is -0.496 e. The summed E-state index contributed by atoms with van der Waals surface area (Å²) in [6.07, 6.45) is 0. The first-order valence-electron chi connectivity index (χ1n) is 3.60. The Balaban J connectivity index is 3.06. The highest BCUT2D eigenvalue weighted by Crippen LogP contribution is 2.20. The summed E-state index contributed by atoms with van der Waals surface area (Å²) in [5, 5.41) is 0. The molecule has 0 N–H and O–H groups in total. The number of benzene rings is 1. The third-order valence-corrected chi connectivity index (χ3v) is 3.06. The Morgan fingerprint density at radius 3 is 2.82 bits per heavy atom. The molecule has 0 radical (unpaired) electrons. The first-order chi connectivity index (χ1) is 5.27. The largest absolute Gasteiger partial charge is 0.496 e. The Morgan fingerprint density at radius 2 is 2.27 bits per heavy atom.